The van der Waals surface area contributed by atoms with E-state index >= 15 is 0 Å². The molecule has 0 amide bonds. The van der Waals surface area contributed by atoms with Gasteiger partial charge in [-0.05, 0) is 12.5 Å². The fraction of sp³-hybridized carbons (Fsp3) is 0.500. The highest BCUT2D eigenvalue weighted by atomic mass is 16.5. The Morgan fingerprint density at radius 2 is 2.11 bits per heavy atom. The van der Waals surface area contributed by atoms with Gasteiger partial charge in [-0.2, -0.15) is 0 Å². The van der Waals surface area contributed by atoms with Gasteiger partial charge in [0.2, 0.25) is 0 Å². The van der Waals surface area contributed by atoms with Crippen LogP contribution in [0.25, 0.3) is 0 Å². The molecule has 1 aliphatic rings. The molecule has 1 unspecified atom stereocenters. The second-order valence-electron chi connectivity index (χ2n) is 4.54. The number of hydrogen-bond donors (Lipinski definition) is 0. The minimum Gasteiger partial charge on any atom is -0.490 e. The first kappa shape index (κ1) is 12.9. The maximum Gasteiger partial charge on any atom is 0.341 e. The van der Waals surface area contributed by atoms with Crippen LogP contribution in [0.3, 0.4) is 0 Å². The molecule has 0 aliphatic carbocycles. The van der Waals surface area contributed by atoms with Crippen molar-refractivity contribution in [3.8, 4) is 5.75 Å². The lowest BCUT2D eigenvalue weighted by molar-refractivity contribution is 0.0274. The van der Waals surface area contributed by atoms with Gasteiger partial charge in [-0.1, -0.05) is 19.1 Å². The highest BCUT2D eigenvalue weighted by Gasteiger charge is 2.31. The van der Waals surface area contributed by atoms with Gasteiger partial charge in [-0.25, -0.2) is 4.79 Å². The molecule has 0 saturated carbocycles. The second-order valence-corrected chi connectivity index (χ2v) is 4.54. The zero-order valence-electron chi connectivity index (χ0n) is 11.1. The van der Waals surface area contributed by atoms with Crippen LogP contribution >= 0.6 is 0 Å². The van der Waals surface area contributed by atoms with Crippen LogP contribution in [-0.2, 0) is 9.47 Å². The van der Waals surface area contributed by atoms with E-state index in [0.717, 1.165) is 11.1 Å². The summed E-state index contributed by atoms with van der Waals surface area (Å²) in [7, 11) is 3.05. The lowest BCUT2D eigenvalue weighted by Gasteiger charge is -2.31. The first-order valence-corrected chi connectivity index (χ1v) is 5.97. The average molecular weight is 250 g/mol. The minimum absolute atomic E-state index is 0.0192. The zero-order valence-corrected chi connectivity index (χ0v) is 11.1. The van der Waals surface area contributed by atoms with Crippen LogP contribution in [0.2, 0.25) is 0 Å². The van der Waals surface area contributed by atoms with Gasteiger partial charge in [0.15, 0.2) is 0 Å². The SMILES string of the molecule is COC(=O)c1c(C)ccc2c1OCC(OC)[C@H]2C. The molecule has 0 saturated heterocycles. The first-order chi connectivity index (χ1) is 8.60. The van der Waals surface area contributed by atoms with Gasteiger partial charge in [0.05, 0.1) is 13.2 Å². The second kappa shape index (κ2) is 4.98. The molecule has 0 N–H and O–H groups in total. The van der Waals surface area contributed by atoms with Crippen molar-refractivity contribution in [1.82, 2.24) is 0 Å². The van der Waals surface area contributed by atoms with E-state index in [-0.39, 0.29) is 18.0 Å². The predicted octanol–water partition coefficient (Wildman–Crippen LogP) is 2.29. The average Bonchev–Trinajstić information content (AvgIpc) is 2.38. The van der Waals surface area contributed by atoms with Gasteiger partial charge < -0.3 is 14.2 Å². The van der Waals surface area contributed by atoms with E-state index in [1.807, 2.05) is 19.1 Å². The maximum atomic E-state index is 11.8. The van der Waals surface area contributed by atoms with E-state index in [1.165, 1.54) is 7.11 Å². The van der Waals surface area contributed by atoms with E-state index in [4.69, 9.17) is 14.2 Å². The third kappa shape index (κ3) is 1.97. The van der Waals surface area contributed by atoms with Crippen molar-refractivity contribution in [2.75, 3.05) is 20.8 Å². The molecule has 2 atom stereocenters. The number of aryl methyl sites for hydroxylation is 1. The Morgan fingerprint density at radius 1 is 1.39 bits per heavy atom. The van der Waals surface area contributed by atoms with Crippen LogP contribution in [0.15, 0.2) is 12.1 Å². The predicted molar refractivity (Wildman–Crippen MR) is 67.2 cm³/mol. The van der Waals surface area contributed by atoms with E-state index in [9.17, 15) is 4.79 Å². The lowest BCUT2D eigenvalue weighted by atomic mass is 9.89. The van der Waals surface area contributed by atoms with Crippen LogP contribution in [0.5, 0.6) is 5.75 Å². The summed E-state index contributed by atoms with van der Waals surface area (Å²) in [6, 6.07) is 3.91. The Kier molecular flexibility index (Phi) is 3.57. The molecule has 0 radical (unpaired) electrons. The fourth-order valence-corrected chi connectivity index (χ4v) is 2.35. The molecule has 1 aliphatic heterocycles. The Balaban J connectivity index is 2.52. The van der Waals surface area contributed by atoms with E-state index in [2.05, 4.69) is 6.92 Å². The molecular weight excluding hydrogens is 232 g/mol. The van der Waals surface area contributed by atoms with Gasteiger partial charge in [0.1, 0.15) is 17.9 Å². The summed E-state index contributed by atoms with van der Waals surface area (Å²) in [6.45, 7) is 4.41. The number of ether oxygens (including phenoxy) is 3. The molecule has 2 rings (SSSR count). The van der Waals surface area contributed by atoms with Crippen molar-refractivity contribution in [2.45, 2.75) is 25.9 Å². The topological polar surface area (TPSA) is 44.8 Å². The Morgan fingerprint density at radius 3 is 2.72 bits per heavy atom. The number of carbonyl (C=O) groups is 1. The van der Waals surface area contributed by atoms with Gasteiger partial charge in [-0.3, -0.25) is 0 Å². The van der Waals surface area contributed by atoms with Crippen molar-refractivity contribution in [3.05, 3.63) is 28.8 Å². The first-order valence-electron chi connectivity index (χ1n) is 5.97. The van der Waals surface area contributed by atoms with Gasteiger partial charge in [0.25, 0.3) is 0 Å². The standard InChI is InChI=1S/C14H18O4/c1-8-5-6-10-9(2)11(16-3)7-18-13(10)12(8)14(15)17-4/h5-6,9,11H,7H2,1-4H3/t9-,11?/m0/s1. The largest absolute Gasteiger partial charge is 0.490 e. The minimum atomic E-state index is -0.354. The van der Waals surface area contributed by atoms with Crippen molar-refractivity contribution in [1.29, 1.82) is 0 Å². The molecule has 0 fully saturated rings. The number of esters is 1. The number of methoxy groups -OCH3 is 2. The highest BCUT2D eigenvalue weighted by Crippen LogP contribution is 2.38. The van der Waals surface area contributed by atoms with Crippen molar-refractivity contribution in [2.24, 2.45) is 0 Å². The molecule has 18 heavy (non-hydrogen) atoms. The third-order valence-corrected chi connectivity index (χ3v) is 3.53. The number of hydrogen-bond acceptors (Lipinski definition) is 4. The van der Waals surface area contributed by atoms with Crippen molar-refractivity contribution < 1.29 is 19.0 Å². The van der Waals surface area contributed by atoms with Crippen LogP contribution in [0.1, 0.15) is 34.3 Å². The molecule has 1 heterocycles. The maximum absolute atomic E-state index is 11.8. The summed E-state index contributed by atoms with van der Waals surface area (Å²) < 4.78 is 15.9. The van der Waals surface area contributed by atoms with Crippen LogP contribution < -0.4 is 4.74 Å². The number of fused-ring (bicyclic) bond motifs is 1. The summed E-state index contributed by atoms with van der Waals surface area (Å²) in [4.78, 5) is 11.8. The smallest absolute Gasteiger partial charge is 0.341 e. The van der Waals surface area contributed by atoms with Gasteiger partial charge in [-0.15, -0.1) is 0 Å². The third-order valence-electron chi connectivity index (χ3n) is 3.53. The van der Waals surface area contributed by atoms with Crippen molar-refractivity contribution >= 4 is 5.97 Å². The van der Waals surface area contributed by atoms with E-state index in [0.29, 0.717) is 17.9 Å². The molecular formula is C14H18O4. The van der Waals surface area contributed by atoms with Crippen molar-refractivity contribution in [3.63, 3.8) is 0 Å². The molecule has 4 heteroatoms. The molecule has 1 aromatic rings. The quantitative estimate of drug-likeness (QED) is 0.755. The molecule has 0 bridgehead atoms. The fourth-order valence-electron chi connectivity index (χ4n) is 2.35. The molecule has 1 aromatic carbocycles. The van der Waals surface area contributed by atoms with E-state index < -0.39 is 0 Å². The Labute approximate surface area is 107 Å². The lowest BCUT2D eigenvalue weighted by Crippen LogP contribution is -2.32. The normalized spacial score (nSPS) is 22.0. The summed E-state index contributed by atoms with van der Waals surface area (Å²) in [5, 5.41) is 0. The van der Waals surface area contributed by atoms with Gasteiger partial charge >= 0.3 is 5.97 Å². The summed E-state index contributed by atoms with van der Waals surface area (Å²) >= 11 is 0. The molecule has 0 spiro atoms. The monoisotopic (exact) mass is 250 g/mol. The number of rotatable bonds is 2. The summed E-state index contributed by atoms with van der Waals surface area (Å²) in [6.07, 6.45) is 0.0192. The van der Waals surface area contributed by atoms with Crippen LogP contribution in [0, 0.1) is 6.92 Å². The summed E-state index contributed by atoms with van der Waals surface area (Å²) in [5.41, 5.74) is 2.39. The molecule has 0 aromatic heterocycles. The van der Waals surface area contributed by atoms with Gasteiger partial charge in [0, 0.05) is 18.6 Å². The summed E-state index contributed by atoms with van der Waals surface area (Å²) in [5.74, 6) is 0.484. The number of carbonyl (C=O) groups excluding carboxylic acids is 1. The highest BCUT2D eigenvalue weighted by molar-refractivity contribution is 5.94. The Bertz CT molecular complexity index is 467. The molecule has 98 valence electrons. The van der Waals surface area contributed by atoms with Crippen LogP contribution in [-0.4, -0.2) is 32.9 Å². The van der Waals surface area contributed by atoms with Crippen LogP contribution in [0.4, 0.5) is 0 Å². The zero-order chi connectivity index (χ0) is 13.3. The molecule has 4 nitrogen and oxygen atoms in total. The number of benzene rings is 1. The van der Waals surface area contributed by atoms with E-state index in [1.54, 1.807) is 7.11 Å². The Hall–Kier alpha value is -1.55.